The number of para-hydroxylation sites is 1. The van der Waals surface area contributed by atoms with Crippen molar-refractivity contribution in [1.82, 2.24) is 9.62 Å². The number of carbonyl (C=O) groups is 1. The van der Waals surface area contributed by atoms with Crippen LogP contribution in [0.1, 0.15) is 38.5 Å². The summed E-state index contributed by atoms with van der Waals surface area (Å²) in [4.78, 5) is 11.9. The lowest BCUT2D eigenvalue weighted by molar-refractivity contribution is -0.121. The van der Waals surface area contributed by atoms with Crippen LogP contribution in [0.2, 0.25) is 0 Å². The Morgan fingerprint density at radius 2 is 1.88 bits per heavy atom. The van der Waals surface area contributed by atoms with Crippen molar-refractivity contribution in [3.63, 3.8) is 0 Å². The zero-order chi connectivity index (χ0) is 18.1. The van der Waals surface area contributed by atoms with E-state index in [9.17, 15) is 13.2 Å². The van der Waals surface area contributed by atoms with Crippen LogP contribution in [0.15, 0.2) is 30.3 Å². The molecule has 0 unspecified atom stereocenters. The topological polar surface area (TPSA) is 75.7 Å². The highest BCUT2D eigenvalue weighted by Gasteiger charge is 2.27. The molecule has 0 spiro atoms. The Labute approximate surface area is 150 Å². The third kappa shape index (κ3) is 7.04. The fourth-order valence-electron chi connectivity index (χ4n) is 3.16. The highest BCUT2D eigenvalue weighted by Crippen LogP contribution is 2.24. The molecule has 6 nitrogen and oxygen atoms in total. The summed E-state index contributed by atoms with van der Waals surface area (Å²) in [5.74, 6) is 0.601. The van der Waals surface area contributed by atoms with Crippen molar-refractivity contribution in [1.29, 1.82) is 0 Å². The number of amides is 1. The van der Waals surface area contributed by atoms with Gasteiger partial charge in [-0.2, -0.15) is 4.31 Å². The molecule has 0 radical (unpaired) electrons. The van der Waals surface area contributed by atoms with Crippen molar-refractivity contribution in [3.05, 3.63) is 30.3 Å². The lowest BCUT2D eigenvalue weighted by Crippen LogP contribution is -2.45. The Kier molecular flexibility index (Phi) is 7.71. The molecule has 1 aliphatic rings. The van der Waals surface area contributed by atoms with Gasteiger partial charge in [0.2, 0.25) is 15.9 Å². The van der Waals surface area contributed by atoms with Crippen LogP contribution >= 0.6 is 0 Å². The number of nitrogens with one attached hydrogen (secondary N) is 1. The van der Waals surface area contributed by atoms with Crippen LogP contribution in [0.3, 0.4) is 0 Å². The fraction of sp³-hybridized carbons (Fsp3) is 0.611. The monoisotopic (exact) mass is 368 g/mol. The van der Waals surface area contributed by atoms with Crippen LogP contribution in [0.5, 0.6) is 5.75 Å². The summed E-state index contributed by atoms with van der Waals surface area (Å²) in [5, 5.41) is 2.79. The molecular formula is C18H28N2O4S. The summed E-state index contributed by atoms with van der Waals surface area (Å²) < 4.78 is 31.1. The molecule has 0 bridgehead atoms. The largest absolute Gasteiger partial charge is 0.493 e. The minimum atomic E-state index is -3.26. The molecule has 1 fully saturated rings. The van der Waals surface area contributed by atoms with Gasteiger partial charge in [0.05, 0.1) is 19.3 Å². The number of carbonyl (C=O) groups excluding carboxylic acids is 1. The SMILES string of the molecule is CS(=O)(=O)N(CCNC(=O)CCOc1ccccc1)C1CCCCC1. The van der Waals surface area contributed by atoms with Crippen LogP contribution in [-0.2, 0) is 14.8 Å². The summed E-state index contributed by atoms with van der Waals surface area (Å²) in [6.07, 6.45) is 6.62. The predicted molar refractivity (Wildman–Crippen MR) is 98.0 cm³/mol. The van der Waals surface area contributed by atoms with Gasteiger partial charge in [0.1, 0.15) is 5.75 Å². The van der Waals surface area contributed by atoms with E-state index in [1.54, 1.807) is 4.31 Å². The Balaban J connectivity index is 1.70. The summed E-state index contributed by atoms with van der Waals surface area (Å²) in [6.45, 7) is 0.955. The zero-order valence-electron chi connectivity index (χ0n) is 14.8. The van der Waals surface area contributed by atoms with Crippen molar-refractivity contribution in [2.75, 3.05) is 26.0 Å². The standard InChI is InChI=1S/C18H28N2O4S/c1-25(22,23)20(16-8-4-2-5-9-16)14-13-19-18(21)12-15-24-17-10-6-3-7-11-17/h3,6-7,10-11,16H,2,4-5,8-9,12-15H2,1H3,(H,19,21). The summed E-state index contributed by atoms with van der Waals surface area (Å²) in [7, 11) is -3.26. The quantitative estimate of drug-likeness (QED) is 0.725. The van der Waals surface area contributed by atoms with Crippen LogP contribution in [0, 0.1) is 0 Å². The molecule has 0 aromatic heterocycles. The van der Waals surface area contributed by atoms with Crippen LogP contribution in [-0.4, -0.2) is 50.6 Å². The Bertz CT molecular complexity index is 628. The number of ether oxygens (including phenoxy) is 1. The van der Waals surface area contributed by atoms with E-state index in [1.165, 1.54) is 12.7 Å². The van der Waals surface area contributed by atoms with E-state index < -0.39 is 10.0 Å². The molecule has 7 heteroatoms. The van der Waals surface area contributed by atoms with Crippen molar-refractivity contribution < 1.29 is 17.9 Å². The van der Waals surface area contributed by atoms with Gasteiger partial charge in [-0.3, -0.25) is 4.79 Å². The van der Waals surface area contributed by atoms with Gasteiger partial charge >= 0.3 is 0 Å². The summed E-state index contributed by atoms with van der Waals surface area (Å²) >= 11 is 0. The second-order valence-corrected chi connectivity index (χ2v) is 8.36. The molecule has 2 rings (SSSR count). The molecular weight excluding hydrogens is 340 g/mol. The number of hydrogen-bond donors (Lipinski definition) is 1. The Morgan fingerprint density at radius 1 is 1.20 bits per heavy atom. The summed E-state index contributed by atoms with van der Waals surface area (Å²) in [6, 6.07) is 9.40. The maximum Gasteiger partial charge on any atom is 0.223 e. The second kappa shape index (κ2) is 9.77. The van der Waals surface area contributed by atoms with Gasteiger partial charge in [-0.25, -0.2) is 8.42 Å². The van der Waals surface area contributed by atoms with Gasteiger partial charge in [-0.15, -0.1) is 0 Å². The van der Waals surface area contributed by atoms with Crippen LogP contribution in [0.25, 0.3) is 0 Å². The average Bonchev–Trinajstić information content (AvgIpc) is 2.59. The predicted octanol–water partition coefficient (Wildman–Crippen LogP) is 2.17. The van der Waals surface area contributed by atoms with Gasteiger partial charge in [-0.05, 0) is 25.0 Å². The highest BCUT2D eigenvalue weighted by atomic mass is 32.2. The van der Waals surface area contributed by atoms with Crippen molar-refractivity contribution in [3.8, 4) is 5.75 Å². The zero-order valence-corrected chi connectivity index (χ0v) is 15.6. The minimum absolute atomic E-state index is 0.0714. The maximum atomic E-state index is 12.0. The molecule has 1 amide bonds. The number of rotatable bonds is 9. The van der Waals surface area contributed by atoms with Gasteiger partial charge < -0.3 is 10.1 Å². The van der Waals surface area contributed by atoms with Crippen LogP contribution in [0.4, 0.5) is 0 Å². The van der Waals surface area contributed by atoms with Crippen molar-refractivity contribution in [2.45, 2.75) is 44.6 Å². The number of nitrogens with zero attached hydrogens (tertiary/aromatic N) is 1. The molecule has 0 heterocycles. The van der Waals surface area contributed by atoms with E-state index in [0.717, 1.165) is 31.4 Å². The van der Waals surface area contributed by atoms with E-state index >= 15 is 0 Å². The van der Waals surface area contributed by atoms with Crippen molar-refractivity contribution >= 4 is 15.9 Å². The molecule has 1 aromatic carbocycles. The van der Waals surface area contributed by atoms with Gasteiger partial charge in [0, 0.05) is 19.1 Å². The van der Waals surface area contributed by atoms with Gasteiger partial charge in [0.15, 0.2) is 0 Å². The van der Waals surface area contributed by atoms with E-state index in [0.29, 0.717) is 19.7 Å². The summed E-state index contributed by atoms with van der Waals surface area (Å²) in [5.41, 5.74) is 0. The average molecular weight is 368 g/mol. The van der Waals surface area contributed by atoms with E-state index in [2.05, 4.69) is 5.32 Å². The first-order valence-electron chi connectivity index (χ1n) is 8.88. The van der Waals surface area contributed by atoms with Crippen molar-refractivity contribution in [2.24, 2.45) is 0 Å². The van der Waals surface area contributed by atoms with E-state index in [-0.39, 0.29) is 18.4 Å². The Morgan fingerprint density at radius 3 is 2.52 bits per heavy atom. The first-order chi connectivity index (χ1) is 12.0. The van der Waals surface area contributed by atoms with Gasteiger partial charge in [-0.1, -0.05) is 37.5 Å². The third-order valence-corrected chi connectivity index (χ3v) is 5.74. The maximum absolute atomic E-state index is 12.0. The molecule has 0 saturated heterocycles. The normalized spacial score (nSPS) is 15.9. The van der Waals surface area contributed by atoms with Gasteiger partial charge in [0.25, 0.3) is 0 Å². The Hall–Kier alpha value is -1.60. The molecule has 1 saturated carbocycles. The fourth-order valence-corrected chi connectivity index (χ4v) is 4.34. The number of benzene rings is 1. The highest BCUT2D eigenvalue weighted by molar-refractivity contribution is 7.88. The van der Waals surface area contributed by atoms with E-state index in [4.69, 9.17) is 4.74 Å². The minimum Gasteiger partial charge on any atom is -0.493 e. The lowest BCUT2D eigenvalue weighted by atomic mass is 9.95. The molecule has 1 aromatic rings. The molecule has 140 valence electrons. The molecule has 1 aliphatic carbocycles. The molecule has 0 aliphatic heterocycles. The third-order valence-electron chi connectivity index (χ3n) is 4.40. The molecule has 1 N–H and O–H groups in total. The smallest absolute Gasteiger partial charge is 0.223 e. The van der Waals surface area contributed by atoms with Crippen LogP contribution < -0.4 is 10.1 Å². The second-order valence-electron chi connectivity index (χ2n) is 6.43. The first kappa shape index (κ1) is 19.7. The lowest BCUT2D eigenvalue weighted by Gasteiger charge is -2.32. The molecule has 0 atom stereocenters. The molecule has 25 heavy (non-hydrogen) atoms. The number of sulfonamides is 1. The van der Waals surface area contributed by atoms with E-state index in [1.807, 2.05) is 30.3 Å². The number of hydrogen-bond acceptors (Lipinski definition) is 4. The first-order valence-corrected chi connectivity index (χ1v) is 10.7.